The van der Waals surface area contributed by atoms with Gasteiger partial charge in [-0.2, -0.15) is 9.97 Å². The maximum Gasteiger partial charge on any atom is 0.319 e. The quantitative estimate of drug-likeness (QED) is 0.0985. The first-order chi connectivity index (χ1) is 25.2. The van der Waals surface area contributed by atoms with Gasteiger partial charge < -0.3 is 14.7 Å². The van der Waals surface area contributed by atoms with Crippen LogP contribution in [0.1, 0.15) is 79.7 Å². The Morgan fingerprint density at radius 3 is 2.45 bits per heavy atom. The molecule has 3 aliphatic rings. The summed E-state index contributed by atoms with van der Waals surface area (Å²) in [6.07, 6.45) is 1.79. The Bertz CT molecular complexity index is 2100. The summed E-state index contributed by atoms with van der Waals surface area (Å²) in [4.78, 5) is 17.7. The minimum atomic E-state index is -2.30. The van der Waals surface area contributed by atoms with Crippen LogP contribution in [0.25, 0.3) is 32.9 Å². The number of nitrogens with zero attached hydrogens (tertiary/aromatic N) is 5. The lowest BCUT2D eigenvalue weighted by atomic mass is 9.95. The molecule has 0 amide bonds. The van der Waals surface area contributed by atoms with Crippen LogP contribution in [0.3, 0.4) is 0 Å². The Balaban J connectivity index is 1.41. The lowest BCUT2D eigenvalue weighted by Crippen LogP contribution is -2.43. The highest BCUT2D eigenvalue weighted by Crippen LogP contribution is 2.44. The highest BCUT2D eigenvalue weighted by molar-refractivity contribution is 6.90. The second kappa shape index (κ2) is 14.0. The summed E-state index contributed by atoms with van der Waals surface area (Å²) in [6.45, 7) is 16.6. The van der Waals surface area contributed by atoms with E-state index in [-0.39, 0.29) is 46.1 Å². The van der Waals surface area contributed by atoms with E-state index in [0.717, 1.165) is 19.4 Å². The lowest BCUT2D eigenvalue weighted by molar-refractivity contribution is 0.107. The summed E-state index contributed by atoms with van der Waals surface area (Å²) in [6, 6.07) is 5.21. The fraction of sp³-hybridized carbons (Fsp3) is 0.537. The monoisotopic (exact) mass is 747 g/mol. The van der Waals surface area contributed by atoms with Crippen molar-refractivity contribution in [3.05, 3.63) is 47.7 Å². The molecule has 0 unspecified atom stereocenters. The number of rotatable bonds is 10. The molecule has 2 aliphatic heterocycles. The number of ether oxygens (including phenoxy) is 1. The minimum absolute atomic E-state index is 0.0997. The van der Waals surface area contributed by atoms with Crippen molar-refractivity contribution in [1.82, 2.24) is 19.9 Å². The summed E-state index contributed by atoms with van der Waals surface area (Å²) >= 11 is 0. The average molecular weight is 748 g/mol. The molecule has 2 saturated heterocycles. The number of phenolic OH excluding ortho intramolecular Hbond substituents is 1. The van der Waals surface area contributed by atoms with Gasteiger partial charge in [0.05, 0.1) is 22.5 Å². The molecule has 7 rings (SSSR count). The van der Waals surface area contributed by atoms with E-state index < -0.39 is 43.6 Å². The molecule has 0 bridgehead atoms. The number of pyridine rings is 1. The summed E-state index contributed by atoms with van der Waals surface area (Å²) in [5.74, 6) is 2.01. The largest absolute Gasteiger partial charge is 0.508 e. The van der Waals surface area contributed by atoms with Crippen LogP contribution < -0.4 is 9.64 Å². The second-order valence-corrected chi connectivity index (χ2v) is 21.7. The van der Waals surface area contributed by atoms with Crippen molar-refractivity contribution in [3.63, 3.8) is 0 Å². The normalized spacial score (nSPS) is 22.9. The van der Waals surface area contributed by atoms with Crippen molar-refractivity contribution in [1.29, 1.82) is 0 Å². The lowest BCUT2D eigenvalue weighted by Gasteiger charge is -2.38. The minimum Gasteiger partial charge on any atom is -0.508 e. The van der Waals surface area contributed by atoms with Gasteiger partial charge >= 0.3 is 6.01 Å². The zero-order valence-electron chi connectivity index (χ0n) is 31.6. The number of benzene rings is 2. The average Bonchev–Trinajstić information content (AvgIpc) is 3.55. The first-order valence-corrected chi connectivity index (χ1v) is 21.2. The van der Waals surface area contributed by atoms with Gasteiger partial charge in [0, 0.05) is 43.1 Å². The van der Waals surface area contributed by atoms with Gasteiger partial charge in [-0.15, -0.1) is 5.54 Å². The first kappa shape index (κ1) is 37.4. The summed E-state index contributed by atoms with van der Waals surface area (Å²) in [7, 11) is -2.30. The van der Waals surface area contributed by atoms with Crippen LogP contribution in [-0.2, 0) is 0 Å². The number of halogens is 4. The van der Waals surface area contributed by atoms with E-state index in [1.54, 1.807) is 11.0 Å². The van der Waals surface area contributed by atoms with Crippen LogP contribution in [0.5, 0.6) is 11.8 Å². The van der Waals surface area contributed by atoms with Crippen molar-refractivity contribution in [2.45, 2.75) is 115 Å². The van der Waals surface area contributed by atoms with Gasteiger partial charge in [-0.05, 0) is 66.5 Å². The summed E-state index contributed by atoms with van der Waals surface area (Å²) < 4.78 is 68.5. The Morgan fingerprint density at radius 1 is 1.08 bits per heavy atom. The van der Waals surface area contributed by atoms with Gasteiger partial charge in [-0.25, -0.2) is 17.6 Å². The number of hydrogen-bond acceptors (Lipinski definition) is 7. The van der Waals surface area contributed by atoms with E-state index in [2.05, 4.69) is 72.9 Å². The maximum absolute atomic E-state index is 17.2. The summed E-state index contributed by atoms with van der Waals surface area (Å²) in [5.41, 5.74) is 4.03. The fourth-order valence-electron chi connectivity index (χ4n) is 9.49. The van der Waals surface area contributed by atoms with Crippen LogP contribution in [0.15, 0.2) is 30.5 Å². The molecule has 4 heterocycles. The van der Waals surface area contributed by atoms with Crippen molar-refractivity contribution in [3.8, 4) is 34.5 Å². The molecule has 3 fully saturated rings. The van der Waals surface area contributed by atoms with Crippen molar-refractivity contribution < 1.29 is 27.4 Å². The van der Waals surface area contributed by atoms with Crippen molar-refractivity contribution >= 4 is 35.6 Å². The molecule has 1 aliphatic carbocycles. The van der Waals surface area contributed by atoms with Crippen LogP contribution in [0, 0.1) is 23.1 Å². The van der Waals surface area contributed by atoms with E-state index in [0.29, 0.717) is 59.1 Å². The van der Waals surface area contributed by atoms with E-state index in [9.17, 15) is 13.9 Å². The van der Waals surface area contributed by atoms with Gasteiger partial charge in [0.25, 0.3) is 0 Å². The van der Waals surface area contributed by atoms with E-state index in [4.69, 9.17) is 4.74 Å². The van der Waals surface area contributed by atoms with Gasteiger partial charge in [-0.1, -0.05) is 53.5 Å². The molecule has 53 heavy (non-hydrogen) atoms. The molecular weight excluding hydrogens is 699 g/mol. The van der Waals surface area contributed by atoms with Gasteiger partial charge in [-0.3, -0.25) is 9.88 Å². The first-order valence-electron chi connectivity index (χ1n) is 19.0. The summed E-state index contributed by atoms with van der Waals surface area (Å²) in [5, 5.41) is 12.0. The predicted molar refractivity (Wildman–Crippen MR) is 205 cm³/mol. The SMILES string of the molecule is CCN(c1nc(OC[C@@]23CCCN2C[C@H](F)C3)nc2c(F)c(-c3cc(O)cc4ccc(F)c(C#C[Si](C(C)C)(C(C)C)C(C)C)c34)ncc12)[C@@H]1C[C@H]1F. The van der Waals surface area contributed by atoms with Crippen LogP contribution >= 0.6 is 0 Å². The van der Waals surface area contributed by atoms with E-state index in [1.165, 1.54) is 24.4 Å². The zero-order chi connectivity index (χ0) is 38.0. The smallest absolute Gasteiger partial charge is 0.319 e. The zero-order valence-corrected chi connectivity index (χ0v) is 32.6. The van der Waals surface area contributed by atoms with Gasteiger partial charge in [0.2, 0.25) is 0 Å². The van der Waals surface area contributed by atoms with E-state index in [1.807, 2.05) is 6.92 Å². The molecule has 4 atom stereocenters. The third kappa shape index (κ3) is 6.41. The third-order valence-corrected chi connectivity index (χ3v) is 18.4. The molecule has 0 radical (unpaired) electrons. The fourth-order valence-corrected chi connectivity index (χ4v) is 14.7. The standard InChI is InChI=1S/C41H49F4N5O2Si/c1-8-50(34-18-33(34)44)39-31-20-46-37(36(45)38(31)47-40(48-39)52-22-41-13-9-14-49(41)21-27(42)19-41)30-17-28(51)16-26-10-11-32(43)29(35(26)30)12-15-53(23(2)3,24(4)5)25(6)7/h10-11,16-17,20,23-25,27,33-34,51H,8-9,13-14,18-19,21-22H2,1-7H3/t27-,33-,34-,41+/m1/s1. The molecular formula is C41H49F4N5O2Si. The molecule has 1 N–H and O–H groups in total. The number of phenols is 1. The number of aromatic hydroxyl groups is 1. The predicted octanol–water partition coefficient (Wildman–Crippen LogP) is 9.29. The van der Waals surface area contributed by atoms with Crippen LogP contribution in [0.2, 0.25) is 16.6 Å². The molecule has 1 saturated carbocycles. The number of fused-ring (bicyclic) bond motifs is 3. The Labute approximate surface area is 310 Å². The Kier molecular flexibility index (Phi) is 9.90. The molecule has 7 nitrogen and oxygen atoms in total. The molecule has 2 aromatic carbocycles. The van der Waals surface area contributed by atoms with Crippen molar-refractivity contribution in [2.75, 3.05) is 31.1 Å². The van der Waals surface area contributed by atoms with Crippen molar-refractivity contribution in [2.24, 2.45) is 0 Å². The van der Waals surface area contributed by atoms with E-state index >= 15 is 8.78 Å². The second-order valence-electron chi connectivity index (χ2n) is 16.1. The molecule has 2 aromatic heterocycles. The van der Waals surface area contributed by atoms with Gasteiger partial charge in [0.15, 0.2) is 5.82 Å². The highest BCUT2D eigenvalue weighted by atomic mass is 28.3. The number of alkyl halides is 2. The number of hydrogen-bond donors (Lipinski definition) is 1. The topological polar surface area (TPSA) is 74.6 Å². The molecule has 12 heteroatoms. The van der Waals surface area contributed by atoms with Crippen LogP contribution in [-0.4, -0.2) is 83.2 Å². The number of anilines is 1. The Hall–Kier alpha value is -3.95. The van der Waals surface area contributed by atoms with Gasteiger partial charge in [0.1, 0.15) is 55.6 Å². The van der Waals surface area contributed by atoms with Crippen LogP contribution in [0.4, 0.5) is 23.4 Å². The maximum atomic E-state index is 17.2. The molecule has 0 spiro atoms. The third-order valence-electron chi connectivity index (χ3n) is 12.1. The Morgan fingerprint density at radius 2 is 1.79 bits per heavy atom. The number of aromatic nitrogens is 3. The molecule has 4 aromatic rings. The molecule has 282 valence electrons. The highest BCUT2D eigenvalue weighted by Gasteiger charge is 2.50.